The minimum atomic E-state index is -3.51. The summed E-state index contributed by atoms with van der Waals surface area (Å²) in [5.41, 5.74) is 0.490. The summed E-state index contributed by atoms with van der Waals surface area (Å²) in [7, 11) is -3.51. The Bertz CT molecular complexity index is 782. The van der Waals surface area contributed by atoms with E-state index in [0.717, 1.165) is 25.5 Å². The van der Waals surface area contributed by atoms with Crippen molar-refractivity contribution < 1.29 is 18.0 Å². The number of halogens is 1. The number of benzene rings is 1. The summed E-state index contributed by atoms with van der Waals surface area (Å²) < 4.78 is 25.2. The SMILES string of the molecule is CCCNC(=O)C1CCCN(C(=O)c2ccc(Cl)c(NS(C)(=O)=O)c2)C1. The molecule has 1 saturated heterocycles. The number of carbonyl (C=O) groups excluding carboxylic acids is 2. The zero-order chi connectivity index (χ0) is 19.3. The highest BCUT2D eigenvalue weighted by atomic mass is 35.5. The molecule has 1 fully saturated rings. The van der Waals surface area contributed by atoms with Crippen LogP contribution in [-0.4, -0.2) is 51.0 Å². The van der Waals surface area contributed by atoms with Crippen molar-refractivity contribution in [3.05, 3.63) is 28.8 Å². The number of piperidine rings is 1. The largest absolute Gasteiger partial charge is 0.356 e. The molecule has 0 radical (unpaired) electrons. The van der Waals surface area contributed by atoms with E-state index in [4.69, 9.17) is 11.6 Å². The standard InChI is InChI=1S/C17H24ClN3O4S/c1-3-8-19-16(22)13-5-4-9-21(11-13)17(23)12-6-7-14(18)15(10-12)20-26(2,24)25/h6-7,10,13,20H,3-5,8-9,11H2,1-2H3,(H,19,22). The number of amides is 2. The van der Waals surface area contributed by atoms with Crippen molar-refractivity contribution in [2.24, 2.45) is 5.92 Å². The van der Waals surface area contributed by atoms with Crippen LogP contribution in [0.25, 0.3) is 0 Å². The maximum atomic E-state index is 12.8. The number of anilines is 1. The molecule has 1 aromatic carbocycles. The van der Waals surface area contributed by atoms with Crippen LogP contribution in [0, 0.1) is 5.92 Å². The lowest BCUT2D eigenvalue weighted by molar-refractivity contribution is -0.126. The predicted octanol–water partition coefficient (Wildman–Crippen LogP) is 2.09. The first-order valence-electron chi connectivity index (χ1n) is 8.55. The molecule has 0 spiro atoms. The summed E-state index contributed by atoms with van der Waals surface area (Å²) >= 11 is 6.00. The lowest BCUT2D eigenvalue weighted by atomic mass is 9.96. The zero-order valence-corrected chi connectivity index (χ0v) is 16.5. The Balaban J connectivity index is 2.13. The maximum Gasteiger partial charge on any atom is 0.253 e. The summed E-state index contributed by atoms with van der Waals surface area (Å²) in [4.78, 5) is 26.6. The molecule has 0 aliphatic carbocycles. The van der Waals surface area contributed by atoms with Crippen molar-refractivity contribution in [2.45, 2.75) is 26.2 Å². The molecule has 1 unspecified atom stereocenters. The quantitative estimate of drug-likeness (QED) is 0.762. The first-order chi connectivity index (χ1) is 12.2. The molecule has 144 valence electrons. The molecule has 2 rings (SSSR count). The highest BCUT2D eigenvalue weighted by Gasteiger charge is 2.29. The number of hydrogen-bond acceptors (Lipinski definition) is 4. The van der Waals surface area contributed by atoms with Gasteiger partial charge in [-0.1, -0.05) is 18.5 Å². The molecule has 1 aliphatic rings. The average molecular weight is 402 g/mol. The number of likely N-dealkylation sites (tertiary alicyclic amines) is 1. The molecule has 1 heterocycles. The van der Waals surface area contributed by atoms with E-state index in [2.05, 4.69) is 10.0 Å². The highest BCUT2D eigenvalue weighted by molar-refractivity contribution is 7.92. The van der Waals surface area contributed by atoms with Gasteiger partial charge in [0.05, 0.1) is 22.9 Å². The Morgan fingerprint density at radius 2 is 2.08 bits per heavy atom. The number of rotatable bonds is 6. The second-order valence-corrected chi connectivity index (χ2v) is 8.61. The molecule has 0 aromatic heterocycles. The molecule has 9 heteroatoms. The van der Waals surface area contributed by atoms with Crippen LogP contribution in [0.5, 0.6) is 0 Å². The highest BCUT2D eigenvalue weighted by Crippen LogP contribution is 2.26. The van der Waals surface area contributed by atoms with E-state index in [1.165, 1.54) is 12.1 Å². The van der Waals surface area contributed by atoms with Gasteiger partial charge in [-0.3, -0.25) is 14.3 Å². The topological polar surface area (TPSA) is 95.6 Å². The van der Waals surface area contributed by atoms with Gasteiger partial charge in [0.15, 0.2) is 0 Å². The van der Waals surface area contributed by atoms with E-state index >= 15 is 0 Å². The van der Waals surface area contributed by atoms with Gasteiger partial charge in [0.1, 0.15) is 0 Å². The van der Waals surface area contributed by atoms with Crippen LogP contribution in [-0.2, 0) is 14.8 Å². The van der Waals surface area contributed by atoms with E-state index in [9.17, 15) is 18.0 Å². The fourth-order valence-corrected chi connectivity index (χ4v) is 3.68. The van der Waals surface area contributed by atoms with Crippen molar-refractivity contribution in [1.82, 2.24) is 10.2 Å². The van der Waals surface area contributed by atoms with Crippen LogP contribution in [0.1, 0.15) is 36.5 Å². The summed E-state index contributed by atoms with van der Waals surface area (Å²) in [6.07, 6.45) is 3.38. The lowest BCUT2D eigenvalue weighted by Gasteiger charge is -2.32. The Morgan fingerprint density at radius 1 is 1.35 bits per heavy atom. The van der Waals surface area contributed by atoms with Crippen LogP contribution in [0.4, 0.5) is 5.69 Å². The molecule has 1 atom stereocenters. The van der Waals surface area contributed by atoms with Gasteiger partial charge >= 0.3 is 0 Å². The Labute approximate surface area is 159 Å². The maximum absolute atomic E-state index is 12.8. The number of hydrogen-bond donors (Lipinski definition) is 2. The molecular formula is C17H24ClN3O4S. The van der Waals surface area contributed by atoms with Gasteiger partial charge < -0.3 is 10.2 Å². The normalized spacial score (nSPS) is 17.7. The van der Waals surface area contributed by atoms with Gasteiger partial charge in [-0.2, -0.15) is 0 Å². The van der Waals surface area contributed by atoms with E-state index in [0.29, 0.717) is 25.2 Å². The van der Waals surface area contributed by atoms with Gasteiger partial charge in [0.2, 0.25) is 15.9 Å². The Morgan fingerprint density at radius 3 is 2.73 bits per heavy atom. The van der Waals surface area contributed by atoms with E-state index < -0.39 is 10.0 Å². The third kappa shape index (κ3) is 5.60. The molecule has 26 heavy (non-hydrogen) atoms. The molecule has 0 bridgehead atoms. The summed E-state index contributed by atoms with van der Waals surface area (Å²) in [5, 5.41) is 3.08. The number of carbonyl (C=O) groups is 2. The van der Waals surface area contributed by atoms with Gasteiger partial charge in [-0.15, -0.1) is 0 Å². The van der Waals surface area contributed by atoms with Crippen molar-refractivity contribution in [1.29, 1.82) is 0 Å². The van der Waals surface area contributed by atoms with E-state index in [-0.39, 0.29) is 28.4 Å². The molecule has 2 N–H and O–H groups in total. The minimum absolute atomic E-state index is 0.0279. The lowest BCUT2D eigenvalue weighted by Crippen LogP contribution is -2.45. The van der Waals surface area contributed by atoms with Gasteiger partial charge in [-0.05, 0) is 37.5 Å². The van der Waals surface area contributed by atoms with Crippen LogP contribution in [0.2, 0.25) is 5.02 Å². The molecule has 1 aliphatic heterocycles. The number of nitrogens with one attached hydrogen (secondary N) is 2. The van der Waals surface area contributed by atoms with Crippen molar-refractivity contribution in [2.75, 3.05) is 30.6 Å². The van der Waals surface area contributed by atoms with E-state index in [1.807, 2.05) is 6.92 Å². The monoisotopic (exact) mass is 401 g/mol. The van der Waals surface area contributed by atoms with Crippen LogP contribution < -0.4 is 10.0 Å². The molecule has 0 saturated carbocycles. The molecule has 7 nitrogen and oxygen atoms in total. The van der Waals surface area contributed by atoms with Gasteiger partial charge in [0.25, 0.3) is 5.91 Å². The zero-order valence-electron chi connectivity index (χ0n) is 14.9. The number of nitrogens with zero attached hydrogens (tertiary/aromatic N) is 1. The van der Waals surface area contributed by atoms with Crippen molar-refractivity contribution in [3.8, 4) is 0 Å². The van der Waals surface area contributed by atoms with Gasteiger partial charge in [-0.25, -0.2) is 8.42 Å². The summed E-state index contributed by atoms with van der Waals surface area (Å²) in [6.45, 7) is 3.53. The van der Waals surface area contributed by atoms with Crippen molar-refractivity contribution in [3.63, 3.8) is 0 Å². The third-order valence-electron chi connectivity index (χ3n) is 4.14. The first-order valence-corrected chi connectivity index (χ1v) is 10.8. The van der Waals surface area contributed by atoms with E-state index in [1.54, 1.807) is 11.0 Å². The molecular weight excluding hydrogens is 378 g/mol. The fraction of sp³-hybridized carbons (Fsp3) is 0.529. The second kappa shape index (κ2) is 8.73. The third-order valence-corrected chi connectivity index (χ3v) is 5.06. The predicted molar refractivity (Wildman–Crippen MR) is 102 cm³/mol. The van der Waals surface area contributed by atoms with Crippen LogP contribution >= 0.6 is 11.6 Å². The Kier molecular flexibility index (Phi) is 6.88. The van der Waals surface area contributed by atoms with Gasteiger partial charge in [0, 0.05) is 25.2 Å². The van der Waals surface area contributed by atoms with Crippen molar-refractivity contribution >= 4 is 39.1 Å². The van der Waals surface area contributed by atoms with Crippen LogP contribution in [0.3, 0.4) is 0 Å². The minimum Gasteiger partial charge on any atom is -0.356 e. The molecule has 1 aromatic rings. The average Bonchev–Trinajstić information content (AvgIpc) is 2.60. The summed E-state index contributed by atoms with van der Waals surface area (Å²) in [6, 6.07) is 4.46. The smallest absolute Gasteiger partial charge is 0.253 e. The summed E-state index contributed by atoms with van der Waals surface area (Å²) in [5.74, 6) is -0.494. The van der Waals surface area contributed by atoms with Crippen LogP contribution in [0.15, 0.2) is 18.2 Å². The second-order valence-electron chi connectivity index (χ2n) is 6.45. The Hall–Kier alpha value is -1.80. The first kappa shape index (κ1) is 20.5. The molecule has 2 amide bonds. The fourth-order valence-electron chi connectivity index (χ4n) is 2.89. The number of sulfonamides is 1.